The molecule has 3 heterocycles. The van der Waals surface area contributed by atoms with Gasteiger partial charge in [-0.2, -0.15) is 4.31 Å². The molecule has 38 heavy (non-hydrogen) atoms. The number of anilines is 1. The highest BCUT2D eigenvalue weighted by atomic mass is 32.2. The number of morpholine rings is 1. The van der Waals surface area contributed by atoms with Crippen LogP contribution in [0.4, 0.5) is 9.80 Å². The van der Waals surface area contributed by atoms with Gasteiger partial charge in [0.2, 0.25) is 10.0 Å². The smallest absolute Gasteiger partial charge is 0.319 e. The van der Waals surface area contributed by atoms with E-state index >= 15 is 0 Å². The Hall–Kier alpha value is -2.84. The molecular weight excluding hydrogens is 530 g/mol. The van der Waals surface area contributed by atoms with Gasteiger partial charge in [-0.15, -0.1) is 11.3 Å². The fourth-order valence-electron chi connectivity index (χ4n) is 4.90. The number of hydrogen-bond acceptors (Lipinski definition) is 8. The van der Waals surface area contributed by atoms with Crippen molar-refractivity contribution in [2.45, 2.75) is 57.3 Å². The summed E-state index contributed by atoms with van der Waals surface area (Å²) in [5, 5.41) is 5.22. The minimum Gasteiger partial charge on any atom is -0.373 e. The number of nitrogens with one attached hydrogen (secondary N) is 2. The maximum absolute atomic E-state index is 13.1. The molecule has 11 nitrogen and oxygen atoms in total. The minimum absolute atomic E-state index is 0.0829. The van der Waals surface area contributed by atoms with Gasteiger partial charge in [0.15, 0.2) is 0 Å². The highest BCUT2D eigenvalue weighted by Gasteiger charge is 2.33. The number of primary amides is 1. The van der Waals surface area contributed by atoms with E-state index in [0.717, 1.165) is 30.0 Å². The number of nitrogens with two attached hydrogens (primary N) is 1. The first-order valence-corrected chi connectivity index (χ1v) is 14.8. The second-order valence-electron chi connectivity index (χ2n) is 9.61. The number of sulfonamides is 1. The highest BCUT2D eigenvalue weighted by molar-refractivity contribution is 7.89. The Kier molecular flexibility index (Phi) is 8.52. The molecule has 4 rings (SSSR count). The van der Waals surface area contributed by atoms with Crippen molar-refractivity contribution in [2.75, 3.05) is 31.5 Å². The van der Waals surface area contributed by atoms with Crippen LogP contribution in [0.2, 0.25) is 0 Å². The molecule has 0 saturated carbocycles. The Morgan fingerprint density at radius 3 is 2.37 bits per heavy atom. The zero-order chi connectivity index (χ0) is 27.6. The average Bonchev–Trinajstić information content (AvgIpc) is 3.20. The number of ether oxygens (including phenoxy) is 1. The van der Waals surface area contributed by atoms with Gasteiger partial charge in [-0.1, -0.05) is 6.92 Å². The summed E-state index contributed by atoms with van der Waals surface area (Å²) in [6, 6.07) is 4.71. The molecule has 2 unspecified atom stereocenters. The molecule has 2 aliphatic heterocycles. The second-order valence-corrected chi connectivity index (χ2v) is 12.7. The number of amides is 4. The van der Waals surface area contributed by atoms with Crippen LogP contribution < -0.4 is 16.4 Å². The molecule has 0 aliphatic carbocycles. The summed E-state index contributed by atoms with van der Waals surface area (Å²) in [6.07, 6.45) is 1.17. The van der Waals surface area contributed by atoms with Crippen molar-refractivity contribution < 1.29 is 27.5 Å². The molecule has 4 amide bonds. The van der Waals surface area contributed by atoms with E-state index in [9.17, 15) is 22.8 Å². The van der Waals surface area contributed by atoms with Crippen LogP contribution in [0.3, 0.4) is 0 Å². The number of imide groups is 1. The van der Waals surface area contributed by atoms with E-state index in [4.69, 9.17) is 10.5 Å². The first-order chi connectivity index (χ1) is 18.0. The Morgan fingerprint density at radius 2 is 1.76 bits per heavy atom. The SMILES string of the molecule is CCCN1CCc2c(sc(NC(=O)c3ccc(S(=O)(=O)N4CC(C)OC(C)C4)cc3)c2C(=O)NC(N)=O)C1. The molecule has 1 aromatic carbocycles. The van der Waals surface area contributed by atoms with Crippen molar-refractivity contribution >= 4 is 44.2 Å². The third kappa shape index (κ3) is 6.07. The van der Waals surface area contributed by atoms with Crippen molar-refractivity contribution in [3.05, 3.63) is 45.8 Å². The van der Waals surface area contributed by atoms with Crippen LogP contribution in [0.5, 0.6) is 0 Å². The third-order valence-corrected chi connectivity index (χ3v) is 9.49. The predicted octanol–water partition coefficient (Wildman–Crippen LogP) is 2.37. The number of nitrogens with zero attached hydrogens (tertiary/aromatic N) is 2. The molecular formula is C25H33N5O6S2. The summed E-state index contributed by atoms with van der Waals surface area (Å²) in [4.78, 5) is 40.6. The molecule has 0 radical (unpaired) electrons. The van der Waals surface area contributed by atoms with E-state index in [1.165, 1.54) is 39.9 Å². The van der Waals surface area contributed by atoms with Gasteiger partial charge in [0, 0.05) is 36.6 Å². The maximum Gasteiger partial charge on any atom is 0.319 e. The number of thiophene rings is 1. The van der Waals surface area contributed by atoms with Crippen LogP contribution in [0.1, 0.15) is 58.3 Å². The number of urea groups is 1. The van der Waals surface area contributed by atoms with Crippen molar-refractivity contribution in [1.82, 2.24) is 14.5 Å². The highest BCUT2D eigenvalue weighted by Crippen LogP contribution is 2.37. The molecule has 0 bridgehead atoms. The normalized spacial score (nSPS) is 20.5. The molecule has 13 heteroatoms. The van der Waals surface area contributed by atoms with Crippen molar-refractivity contribution in [3.63, 3.8) is 0 Å². The number of rotatable bonds is 7. The molecule has 0 spiro atoms. The number of carbonyl (C=O) groups excluding carboxylic acids is 3. The van der Waals surface area contributed by atoms with Crippen LogP contribution in [-0.2, 0) is 27.7 Å². The third-order valence-electron chi connectivity index (χ3n) is 6.51. The van der Waals surface area contributed by atoms with Gasteiger partial charge < -0.3 is 15.8 Å². The molecule has 2 aliphatic rings. The van der Waals surface area contributed by atoms with Crippen LogP contribution in [-0.4, -0.2) is 73.9 Å². The molecule has 1 saturated heterocycles. The molecule has 4 N–H and O–H groups in total. The van der Waals surface area contributed by atoms with Crippen LogP contribution in [0, 0.1) is 0 Å². The van der Waals surface area contributed by atoms with Crippen LogP contribution in [0.25, 0.3) is 0 Å². The zero-order valence-electron chi connectivity index (χ0n) is 21.7. The Morgan fingerprint density at radius 1 is 1.11 bits per heavy atom. The average molecular weight is 564 g/mol. The standard InChI is InChI=1S/C25H33N5O6S2/c1-4-10-29-11-9-19-20(14-29)37-24(21(19)23(32)28-25(26)33)27-22(31)17-5-7-18(8-6-17)38(34,35)30-12-15(2)36-16(3)13-30/h5-8,15-16H,4,9-14H2,1-3H3,(H,27,31)(H3,26,28,32,33). The molecule has 1 fully saturated rings. The topological polar surface area (TPSA) is 151 Å². The fourth-order valence-corrected chi connectivity index (χ4v) is 7.77. The lowest BCUT2D eigenvalue weighted by Crippen LogP contribution is -2.48. The largest absolute Gasteiger partial charge is 0.373 e. The lowest BCUT2D eigenvalue weighted by Gasteiger charge is -2.34. The minimum atomic E-state index is -3.75. The quantitative estimate of drug-likeness (QED) is 0.468. The van der Waals surface area contributed by atoms with Crippen molar-refractivity contribution in [3.8, 4) is 0 Å². The van der Waals surface area contributed by atoms with E-state index in [-0.39, 0.29) is 41.3 Å². The first-order valence-electron chi connectivity index (χ1n) is 12.5. The van der Waals surface area contributed by atoms with Crippen LogP contribution >= 0.6 is 11.3 Å². The van der Waals surface area contributed by atoms with Crippen molar-refractivity contribution in [1.29, 1.82) is 0 Å². The Labute approximate surface area is 226 Å². The number of carbonyl (C=O) groups is 3. The van der Waals surface area contributed by atoms with Gasteiger partial charge in [0.05, 0.1) is 22.7 Å². The fraction of sp³-hybridized carbons (Fsp3) is 0.480. The molecule has 1 aromatic heterocycles. The molecule has 2 aromatic rings. The van der Waals surface area contributed by atoms with Gasteiger partial charge in [0.25, 0.3) is 11.8 Å². The summed E-state index contributed by atoms with van der Waals surface area (Å²) in [7, 11) is -3.75. The summed E-state index contributed by atoms with van der Waals surface area (Å²) >= 11 is 1.30. The first kappa shape index (κ1) is 28.2. The zero-order valence-corrected chi connectivity index (χ0v) is 23.3. The van der Waals surface area contributed by atoms with Gasteiger partial charge >= 0.3 is 6.03 Å². The summed E-state index contributed by atoms with van der Waals surface area (Å²) in [5.74, 6) is -1.16. The Bertz CT molecular complexity index is 1310. The van der Waals surface area contributed by atoms with Gasteiger partial charge in [0.1, 0.15) is 5.00 Å². The molecule has 2 atom stereocenters. The van der Waals surface area contributed by atoms with Gasteiger partial charge in [-0.05, 0) is 63.1 Å². The van der Waals surface area contributed by atoms with Gasteiger partial charge in [-0.25, -0.2) is 13.2 Å². The maximum atomic E-state index is 13.1. The lowest BCUT2D eigenvalue weighted by molar-refractivity contribution is -0.0440. The van der Waals surface area contributed by atoms with Gasteiger partial charge in [-0.3, -0.25) is 19.8 Å². The lowest BCUT2D eigenvalue weighted by atomic mass is 10.0. The van der Waals surface area contributed by atoms with E-state index in [2.05, 4.69) is 22.5 Å². The predicted molar refractivity (Wildman–Crippen MR) is 144 cm³/mol. The Balaban J connectivity index is 1.56. The van der Waals surface area contributed by atoms with Crippen LogP contribution in [0.15, 0.2) is 29.2 Å². The number of hydrogen-bond donors (Lipinski definition) is 3. The molecule has 206 valence electrons. The van der Waals surface area contributed by atoms with E-state index in [0.29, 0.717) is 18.0 Å². The van der Waals surface area contributed by atoms with E-state index in [1.807, 2.05) is 13.8 Å². The van der Waals surface area contributed by atoms with E-state index < -0.39 is 27.9 Å². The monoisotopic (exact) mass is 563 g/mol. The van der Waals surface area contributed by atoms with Crippen molar-refractivity contribution in [2.24, 2.45) is 5.73 Å². The number of fused-ring (bicyclic) bond motifs is 1. The summed E-state index contributed by atoms with van der Waals surface area (Å²) in [5.41, 5.74) is 6.44. The van der Waals surface area contributed by atoms with E-state index in [1.54, 1.807) is 0 Å². The number of benzene rings is 1. The summed E-state index contributed by atoms with van der Waals surface area (Å²) in [6.45, 7) is 8.58. The second kappa shape index (κ2) is 11.5. The summed E-state index contributed by atoms with van der Waals surface area (Å²) < 4.78 is 33.3.